The highest BCUT2D eigenvalue weighted by Crippen LogP contribution is 2.44. The molecule has 90 heavy (non-hydrogen) atoms. The van der Waals surface area contributed by atoms with E-state index in [0.29, 0.717) is 0 Å². The molecule has 504 valence electrons. The maximum Gasteiger partial charge on any atom is -0.0153 e. The molecule has 0 spiro atoms. The van der Waals surface area contributed by atoms with E-state index >= 15 is 0 Å². The normalized spacial score (nSPS) is 17.9. The molecule has 14 rings (SSSR count). The summed E-state index contributed by atoms with van der Waals surface area (Å²) in [6, 6.07) is 49.3. The molecule has 0 heterocycles. The van der Waals surface area contributed by atoms with Gasteiger partial charge in [-0.1, -0.05) is 285 Å². The highest BCUT2D eigenvalue weighted by atomic mass is 14.3. The van der Waals surface area contributed by atoms with Crippen LogP contribution in [0.5, 0.6) is 0 Å². The number of hydrogen-bond acceptors (Lipinski definition) is 0. The lowest BCUT2D eigenvalue weighted by Gasteiger charge is -2.31. The van der Waals surface area contributed by atoms with Gasteiger partial charge >= 0.3 is 0 Å². The minimum atomic E-state index is 0. The molecule has 0 radical (unpaired) electrons. The first-order chi connectivity index (χ1) is 44.0. The third kappa shape index (κ3) is 26.0. The zero-order valence-corrected chi connectivity index (χ0v) is 61.7. The molecular formula is C90H144. The molecule has 0 fully saturated rings. The number of unbranched alkanes of at least 4 members (excludes halogenated alkanes) is 2. The van der Waals surface area contributed by atoms with E-state index in [-0.39, 0.29) is 7.43 Å². The van der Waals surface area contributed by atoms with Crippen molar-refractivity contribution in [2.24, 2.45) is 0 Å². The third-order valence-corrected chi connectivity index (χ3v) is 19.5. The molecule has 8 aliphatic carbocycles. The summed E-state index contributed by atoms with van der Waals surface area (Å²) in [6.07, 6.45) is 39.7. The van der Waals surface area contributed by atoms with Crippen molar-refractivity contribution in [3.8, 4) is 0 Å². The number of fused-ring (bicyclic) bond motifs is 2. The fourth-order valence-electron chi connectivity index (χ4n) is 15.4. The summed E-state index contributed by atoms with van der Waals surface area (Å²) in [5, 5.41) is 0. The van der Waals surface area contributed by atoms with Crippen LogP contribution in [0.1, 0.15) is 380 Å². The summed E-state index contributed by atoms with van der Waals surface area (Å²) in [6.45, 7) is 37.5. The summed E-state index contributed by atoms with van der Waals surface area (Å²) in [7, 11) is 0. The zero-order chi connectivity index (χ0) is 65.6. The zero-order valence-electron chi connectivity index (χ0n) is 61.7. The van der Waals surface area contributed by atoms with Crippen LogP contribution in [0.15, 0.2) is 133 Å². The maximum absolute atomic E-state index is 2.34. The van der Waals surface area contributed by atoms with Crippen LogP contribution in [-0.2, 0) is 51.4 Å². The summed E-state index contributed by atoms with van der Waals surface area (Å²) < 4.78 is 0. The Labute approximate surface area is 561 Å². The van der Waals surface area contributed by atoms with Gasteiger partial charge in [0.05, 0.1) is 0 Å². The average molecular weight is 1230 g/mol. The number of aryl methyl sites for hydroxylation is 8. The first-order valence-electron chi connectivity index (χ1n) is 38.5. The van der Waals surface area contributed by atoms with E-state index in [2.05, 4.69) is 175 Å². The van der Waals surface area contributed by atoms with Gasteiger partial charge in [-0.2, -0.15) is 0 Å². The van der Waals surface area contributed by atoms with Crippen molar-refractivity contribution < 1.29 is 0 Å². The predicted molar refractivity (Wildman–Crippen MR) is 411 cm³/mol. The Morgan fingerprint density at radius 2 is 0.556 bits per heavy atom. The van der Waals surface area contributed by atoms with Crippen molar-refractivity contribution in [2.75, 3.05) is 0 Å². The third-order valence-electron chi connectivity index (χ3n) is 19.5. The van der Waals surface area contributed by atoms with Crippen molar-refractivity contribution >= 4 is 0 Å². The maximum atomic E-state index is 2.34. The fourth-order valence-corrected chi connectivity index (χ4v) is 15.4. The van der Waals surface area contributed by atoms with Crippen LogP contribution in [0.3, 0.4) is 0 Å². The van der Waals surface area contributed by atoms with Crippen LogP contribution in [0.4, 0.5) is 0 Å². The molecule has 0 nitrogen and oxygen atoms in total. The Balaban J connectivity index is 0.000000514. The second-order valence-electron chi connectivity index (χ2n) is 24.4. The number of rotatable bonds is 7. The van der Waals surface area contributed by atoms with Gasteiger partial charge in [0.25, 0.3) is 0 Å². The molecule has 4 atom stereocenters. The Hall–Kier alpha value is -4.68. The van der Waals surface area contributed by atoms with Crippen molar-refractivity contribution in [3.05, 3.63) is 211 Å². The van der Waals surface area contributed by atoms with Gasteiger partial charge in [0.1, 0.15) is 0 Å². The second-order valence-corrected chi connectivity index (χ2v) is 24.4. The Kier molecular flexibility index (Phi) is 47.9. The second kappa shape index (κ2) is 51.8. The standard InChI is InChI=1S/C13H16.2C12H14.2C12H16.C11H16.C5H12.6C2H6.CH4/c1-4-10-6-2-8-12-9-3-7-11(5-1)13(10)12;2*1-3-9-4-2-6-11-8-7-10(5-1)12(9)11;2*1-2-10-7-5-8-11-6-3-4-9-12(10)11;1-3-10(4-2)11-8-6-5-7-9-11;1-3-5-4-2;6*1-2;/h1,4-5,12H,2-3,6-9H2;2*1,3,5,11H,2,4,6-8H2;2*3-4,6,9-10H,2,5,7-8H2,1H3;5-10H,3-4H2,1-2H3;3-5H2,1-2H3;6*1-2H3;1H4. The molecule has 4 unspecified atom stereocenters. The monoisotopic (exact) mass is 1230 g/mol. The lowest BCUT2D eigenvalue weighted by atomic mass is 9.74. The predicted octanol–water partition coefficient (Wildman–Crippen LogP) is 29.2. The Bertz CT molecular complexity index is 2480. The van der Waals surface area contributed by atoms with Crippen LogP contribution < -0.4 is 0 Å². The van der Waals surface area contributed by atoms with Gasteiger partial charge in [-0.15, -0.1) is 0 Å². The molecule has 8 aliphatic rings. The van der Waals surface area contributed by atoms with E-state index in [1.54, 1.807) is 72.3 Å². The van der Waals surface area contributed by atoms with Gasteiger partial charge in [-0.05, 0) is 280 Å². The Morgan fingerprint density at radius 1 is 0.289 bits per heavy atom. The lowest BCUT2D eigenvalue weighted by Crippen LogP contribution is -2.16. The Morgan fingerprint density at radius 3 is 0.856 bits per heavy atom. The summed E-state index contributed by atoms with van der Waals surface area (Å²) in [5.41, 5.74) is 23.1. The average Bonchev–Trinajstić information content (AvgIpc) is 1.72. The first-order valence-corrected chi connectivity index (χ1v) is 38.5. The number of benzene rings is 6. The van der Waals surface area contributed by atoms with Gasteiger partial charge < -0.3 is 0 Å². The minimum absolute atomic E-state index is 0. The van der Waals surface area contributed by atoms with Gasteiger partial charge in [0.2, 0.25) is 0 Å². The van der Waals surface area contributed by atoms with E-state index < -0.39 is 0 Å². The van der Waals surface area contributed by atoms with Gasteiger partial charge in [0.15, 0.2) is 0 Å². The van der Waals surface area contributed by atoms with Crippen LogP contribution in [0, 0.1) is 0 Å². The minimum Gasteiger partial charge on any atom is -0.0776 e. The van der Waals surface area contributed by atoms with Crippen LogP contribution in [-0.4, -0.2) is 0 Å². The fraction of sp³-hybridized carbons (Fsp3) is 0.600. The molecule has 0 aliphatic heterocycles. The van der Waals surface area contributed by atoms with E-state index in [0.717, 1.165) is 35.5 Å². The molecule has 0 amide bonds. The molecule has 0 N–H and O–H groups in total. The van der Waals surface area contributed by atoms with E-state index in [1.807, 2.05) is 83.1 Å². The largest absolute Gasteiger partial charge is 0.0776 e. The van der Waals surface area contributed by atoms with Crippen molar-refractivity contribution in [1.29, 1.82) is 0 Å². The molecule has 6 aromatic carbocycles. The van der Waals surface area contributed by atoms with Crippen LogP contribution in [0.2, 0.25) is 0 Å². The molecule has 0 saturated heterocycles. The summed E-state index contributed by atoms with van der Waals surface area (Å²) in [5.74, 6) is 5.24. The van der Waals surface area contributed by atoms with Crippen LogP contribution in [0.25, 0.3) is 0 Å². The first kappa shape index (κ1) is 83.3. The highest BCUT2D eigenvalue weighted by Gasteiger charge is 2.29. The van der Waals surface area contributed by atoms with E-state index in [9.17, 15) is 0 Å². The molecule has 0 bridgehead atoms. The van der Waals surface area contributed by atoms with Crippen molar-refractivity contribution in [1.82, 2.24) is 0 Å². The quantitative estimate of drug-likeness (QED) is 0.149. The molecule has 0 saturated carbocycles. The molecule has 6 aromatic rings. The summed E-state index contributed by atoms with van der Waals surface area (Å²) in [4.78, 5) is 0. The topological polar surface area (TPSA) is 0 Å². The smallest absolute Gasteiger partial charge is 0.0153 e. The lowest BCUT2D eigenvalue weighted by molar-refractivity contribution is 0.476. The van der Waals surface area contributed by atoms with Gasteiger partial charge in [-0.25, -0.2) is 0 Å². The highest BCUT2D eigenvalue weighted by molar-refractivity contribution is 5.45. The van der Waals surface area contributed by atoms with Gasteiger partial charge in [0, 0.05) is 0 Å². The molecule has 0 heteroatoms. The number of hydrogen-bond donors (Lipinski definition) is 0. The van der Waals surface area contributed by atoms with E-state index in [1.165, 1.54) is 192 Å². The van der Waals surface area contributed by atoms with Crippen molar-refractivity contribution in [2.45, 2.75) is 354 Å². The molecular weight excluding hydrogens is 1080 g/mol. The van der Waals surface area contributed by atoms with Crippen LogP contribution >= 0.6 is 0 Å². The van der Waals surface area contributed by atoms with E-state index in [4.69, 9.17) is 0 Å². The summed E-state index contributed by atoms with van der Waals surface area (Å²) >= 11 is 0. The van der Waals surface area contributed by atoms with Crippen molar-refractivity contribution in [3.63, 3.8) is 0 Å². The molecule has 0 aromatic heterocycles. The SMILES string of the molecule is C.CC.CC.CC.CC.CC.CC.CCC(CC)c1ccccc1.CCC1CCCc2ccccc21.CCC1CCCc2ccccc21.CCCCC.c1cc2c3c(c1)CCC3CCC2.c1cc2c3c(c1)CCC3CCC2.c1cc2c3c(c1)CCCC3CCC2. The van der Waals surface area contributed by atoms with Gasteiger partial charge in [-0.3, -0.25) is 0 Å².